The Morgan fingerprint density at radius 3 is 1.67 bits per heavy atom. The molecule has 0 aromatic heterocycles. The van der Waals surface area contributed by atoms with E-state index in [4.69, 9.17) is 23.3 Å². The molecule has 0 aromatic carbocycles. The van der Waals surface area contributed by atoms with Gasteiger partial charge in [-0.2, -0.15) is 0 Å². The van der Waals surface area contributed by atoms with Gasteiger partial charge in [-0.3, -0.25) is 0 Å². The summed E-state index contributed by atoms with van der Waals surface area (Å²) < 4.78 is 0. The van der Waals surface area contributed by atoms with Gasteiger partial charge >= 0.3 is 0 Å². The van der Waals surface area contributed by atoms with E-state index >= 15 is 0 Å². The second-order valence-electron chi connectivity index (χ2n) is 1.44. The quantitative estimate of drug-likeness (QED) is 0.360. The van der Waals surface area contributed by atoms with E-state index < -0.39 is 0 Å². The van der Waals surface area contributed by atoms with Crippen molar-refractivity contribution >= 4 is 29.8 Å². The zero-order valence-corrected chi connectivity index (χ0v) is 3.89. The maximum atomic E-state index is 5.19. The van der Waals surface area contributed by atoms with Gasteiger partial charge in [0.15, 0.2) is 0 Å². The van der Waals surface area contributed by atoms with Crippen LogP contribution in [0.15, 0.2) is 0 Å². The van der Waals surface area contributed by atoms with Gasteiger partial charge in [-0.1, -0.05) is 6.92 Å². The van der Waals surface area contributed by atoms with Gasteiger partial charge in [-0.05, 0) is 0 Å². The third-order valence-corrected chi connectivity index (χ3v) is 0.607. The molecule has 4 heteroatoms. The van der Waals surface area contributed by atoms with Gasteiger partial charge in [0.25, 0.3) is 0 Å². The normalized spacial score (nSPS) is 13.5. The molecule has 0 aliphatic rings. The highest BCUT2D eigenvalue weighted by Gasteiger charge is 1.98. The number of hydrogen-bond donors (Lipinski definition) is 0. The minimum absolute atomic E-state index is 0.0926. The molecule has 0 aliphatic carbocycles. The van der Waals surface area contributed by atoms with Crippen molar-refractivity contribution in [1.82, 2.24) is 0 Å². The summed E-state index contributed by atoms with van der Waals surface area (Å²) in [5, 5.41) is 0. The number of rotatable bonds is 1. The van der Waals surface area contributed by atoms with Gasteiger partial charge in [0.2, 0.25) is 0 Å². The zero-order chi connectivity index (χ0) is 5.15. The van der Waals surface area contributed by atoms with Crippen molar-refractivity contribution in [2.45, 2.75) is 12.6 Å². The Morgan fingerprint density at radius 1 is 1.50 bits per heavy atom. The summed E-state index contributed by atoms with van der Waals surface area (Å²) in [5.41, 5.74) is -0.0926. The minimum Gasteiger partial charge on any atom is -0.114 e. The first-order valence-electron chi connectivity index (χ1n) is 1.91. The topological polar surface area (TPSA) is 0 Å². The molecular weight excluding hydrogens is 67.3 g/mol. The van der Waals surface area contributed by atoms with Crippen molar-refractivity contribution in [2.24, 2.45) is 0 Å². The standard InChI is InChI=1S/C2H4B4/c1-2(3)6(4)5/h2H,1H3. The second-order valence-corrected chi connectivity index (χ2v) is 1.44. The lowest BCUT2D eigenvalue weighted by molar-refractivity contribution is 1.35. The number of hydrogen-bond acceptors (Lipinski definition) is 0. The van der Waals surface area contributed by atoms with Crippen LogP contribution in [0.3, 0.4) is 0 Å². The smallest absolute Gasteiger partial charge is 0.0571 e. The Bertz CT molecular complexity index is 26.5. The maximum Gasteiger partial charge on any atom is 0.0571 e. The van der Waals surface area contributed by atoms with Gasteiger partial charge in [0, 0.05) is 22.0 Å². The molecule has 0 aliphatic heterocycles. The molecule has 1 unspecified atom stereocenters. The van der Waals surface area contributed by atoms with Crippen LogP contribution in [0.2, 0.25) is 5.72 Å². The average molecular weight is 71.3 g/mol. The molecule has 0 fully saturated rings. The molecular formula is C2H4B4. The third kappa shape index (κ3) is 2.49. The summed E-state index contributed by atoms with van der Waals surface area (Å²) >= 11 is 0. The fourth-order valence-corrected chi connectivity index (χ4v) is 0. The van der Waals surface area contributed by atoms with Gasteiger partial charge in [-0.25, -0.2) is 0 Å². The lowest BCUT2D eigenvalue weighted by atomic mass is 9.12. The van der Waals surface area contributed by atoms with Crippen LogP contribution < -0.4 is 0 Å². The van der Waals surface area contributed by atoms with E-state index in [2.05, 4.69) is 0 Å². The summed E-state index contributed by atoms with van der Waals surface area (Å²) in [6.07, 6.45) is 0. The van der Waals surface area contributed by atoms with Crippen LogP contribution >= 0.6 is 0 Å². The Morgan fingerprint density at radius 2 is 1.67 bits per heavy atom. The Hall–Kier alpha value is 0.260. The molecule has 0 heterocycles. The first-order valence-corrected chi connectivity index (χ1v) is 1.91. The van der Waals surface area contributed by atoms with Crippen molar-refractivity contribution in [3.63, 3.8) is 0 Å². The fraction of sp³-hybridized carbons (Fsp3) is 1.00. The Labute approximate surface area is 43.3 Å². The van der Waals surface area contributed by atoms with Crippen LogP contribution in [0, 0.1) is 0 Å². The molecule has 6 heavy (non-hydrogen) atoms. The van der Waals surface area contributed by atoms with Crippen LogP contribution in [-0.4, -0.2) is 29.8 Å². The van der Waals surface area contributed by atoms with Crippen molar-refractivity contribution in [3.8, 4) is 0 Å². The lowest BCUT2D eigenvalue weighted by Gasteiger charge is -2.03. The summed E-state index contributed by atoms with van der Waals surface area (Å²) in [6.45, 7) is 1.40. The summed E-state index contributed by atoms with van der Waals surface area (Å²) in [5.74, 6) is 0. The van der Waals surface area contributed by atoms with E-state index in [0.717, 1.165) is 0 Å². The average Bonchev–Trinajstić information content (AvgIpc) is 1.36. The van der Waals surface area contributed by atoms with Crippen LogP contribution in [0.4, 0.5) is 0 Å². The van der Waals surface area contributed by atoms with Crippen molar-refractivity contribution in [3.05, 3.63) is 0 Å². The minimum atomic E-state index is -0.370. The summed E-state index contributed by atoms with van der Waals surface area (Å²) in [7, 11) is 15.4. The van der Waals surface area contributed by atoms with Crippen LogP contribution in [0.25, 0.3) is 0 Å². The molecule has 24 valence electrons. The van der Waals surface area contributed by atoms with Gasteiger partial charge in [0.05, 0.1) is 7.85 Å². The fourth-order valence-electron chi connectivity index (χ4n) is 0. The first kappa shape index (κ1) is 6.26. The van der Waals surface area contributed by atoms with E-state index in [1.807, 2.05) is 0 Å². The highest BCUT2D eigenvalue weighted by Crippen LogP contribution is 1.92. The molecule has 0 amide bonds. The zero-order valence-electron chi connectivity index (χ0n) is 3.89. The van der Waals surface area contributed by atoms with E-state index in [0.29, 0.717) is 0 Å². The highest BCUT2D eigenvalue weighted by molar-refractivity contribution is 7.31. The van der Waals surface area contributed by atoms with Gasteiger partial charge in [0.1, 0.15) is 0 Å². The summed E-state index contributed by atoms with van der Waals surface area (Å²) in [6, 6.07) is 0. The lowest BCUT2D eigenvalue weighted by Crippen LogP contribution is -2.19. The molecule has 0 saturated heterocycles. The van der Waals surface area contributed by atoms with E-state index in [9.17, 15) is 0 Å². The van der Waals surface area contributed by atoms with Crippen molar-refractivity contribution < 1.29 is 0 Å². The van der Waals surface area contributed by atoms with E-state index in [1.165, 1.54) is 0 Å². The molecule has 0 N–H and O–H groups in total. The van der Waals surface area contributed by atoms with Gasteiger partial charge in [-0.15, -0.1) is 5.72 Å². The van der Waals surface area contributed by atoms with Crippen LogP contribution in [0.5, 0.6) is 0 Å². The van der Waals surface area contributed by atoms with Crippen molar-refractivity contribution in [1.29, 1.82) is 0 Å². The Balaban J connectivity index is 2.99. The molecule has 0 saturated carbocycles. The predicted octanol–water partition coefficient (Wildman–Crippen LogP) is -0.672. The largest absolute Gasteiger partial charge is 0.114 e. The monoisotopic (exact) mass is 72.1 g/mol. The van der Waals surface area contributed by atoms with E-state index in [-0.39, 0.29) is 12.2 Å². The molecule has 0 spiro atoms. The molecule has 1 atom stereocenters. The maximum absolute atomic E-state index is 5.19. The predicted molar refractivity (Wildman–Crippen MR) is 32.4 cm³/mol. The summed E-state index contributed by atoms with van der Waals surface area (Å²) in [4.78, 5) is 0. The second kappa shape index (κ2) is 2.44. The first-order chi connectivity index (χ1) is 2.64. The molecule has 0 rings (SSSR count). The van der Waals surface area contributed by atoms with Crippen LogP contribution in [-0.2, 0) is 0 Å². The van der Waals surface area contributed by atoms with Crippen LogP contribution in [0.1, 0.15) is 6.92 Å². The highest BCUT2D eigenvalue weighted by atomic mass is 13.5. The van der Waals surface area contributed by atoms with Gasteiger partial charge < -0.3 is 0 Å². The molecule has 6 radical (unpaired) electrons. The van der Waals surface area contributed by atoms with Crippen molar-refractivity contribution in [2.75, 3.05) is 0 Å². The van der Waals surface area contributed by atoms with E-state index in [1.54, 1.807) is 6.92 Å². The molecule has 0 aromatic rings. The molecule has 0 nitrogen and oxygen atoms in total. The SMILES string of the molecule is [B]B([B])C([B])C. The molecule has 0 bridgehead atoms. The third-order valence-electron chi connectivity index (χ3n) is 0.607. The Kier molecular flexibility index (Phi) is 2.54.